The molecule has 0 spiro atoms. The van der Waals surface area contributed by atoms with Crippen LogP contribution in [0, 0.1) is 5.92 Å². The Morgan fingerprint density at radius 2 is 2.15 bits per heavy atom. The summed E-state index contributed by atoms with van der Waals surface area (Å²) in [5, 5.41) is 8.08. The van der Waals surface area contributed by atoms with Crippen molar-refractivity contribution in [3.63, 3.8) is 0 Å². The summed E-state index contributed by atoms with van der Waals surface area (Å²) in [7, 11) is 0. The van der Waals surface area contributed by atoms with E-state index in [2.05, 4.69) is 36.1 Å². The average Bonchev–Trinajstić information content (AvgIpc) is 2.92. The highest BCUT2D eigenvalue weighted by Crippen LogP contribution is 2.27. The van der Waals surface area contributed by atoms with Gasteiger partial charge < -0.3 is 10.1 Å². The molecule has 114 valence electrons. The van der Waals surface area contributed by atoms with Crippen molar-refractivity contribution in [2.45, 2.75) is 58.5 Å². The first-order valence-corrected chi connectivity index (χ1v) is 8.08. The van der Waals surface area contributed by atoms with Crippen molar-refractivity contribution in [1.29, 1.82) is 0 Å². The molecule has 1 aromatic heterocycles. The van der Waals surface area contributed by atoms with Crippen molar-refractivity contribution in [3.05, 3.63) is 18.0 Å². The lowest BCUT2D eigenvalue weighted by Crippen LogP contribution is -2.21. The molecular formula is C16H29N3O. The van der Waals surface area contributed by atoms with Crippen LogP contribution in [0.5, 0.6) is 0 Å². The van der Waals surface area contributed by atoms with Gasteiger partial charge in [-0.15, -0.1) is 0 Å². The van der Waals surface area contributed by atoms with Crippen molar-refractivity contribution in [2.75, 3.05) is 19.8 Å². The predicted octanol–water partition coefficient (Wildman–Crippen LogP) is 3.15. The lowest BCUT2D eigenvalue weighted by atomic mass is 9.96. The molecule has 4 heteroatoms. The third kappa shape index (κ3) is 5.25. The summed E-state index contributed by atoms with van der Waals surface area (Å²) >= 11 is 0. The van der Waals surface area contributed by atoms with Crippen molar-refractivity contribution in [1.82, 2.24) is 15.1 Å². The molecule has 0 saturated heterocycles. The maximum atomic E-state index is 5.55. The van der Waals surface area contributed by atoms with Gasteiger partial charge in [0.1, 0.15) is 0 Å². The summed E-state index contributed by atoms with van der Waals surface area (Å²) in [6.45, 7) is 7.70. The summed E-state index contributed by atoms with van der Waals surface area (Å²) in [6, 6.07) is 2.77. The Bertz CT molecular complexity index is 370. The second-order valence-electron chi connectivity index (χ2n) is 6.22. The highest BCUT2D eigenvalue weighted by Gasteiger charge is 2.15. The first kappa shape index (κ1) is 15.5. The van der Waals surface area contributed by atoms with Gasteiger partial charge in [0.15, 0.2) is 0 Å². The zero-order chi connectivity index (χ0) is 14.2. The Morgan fingerprint density at radius 3 is 2.90 bits per heavy atom. The monoisotopic (exact) mass is 279 g/mol. The number of rotatable bonds is 8. The molecule has 1 N–H and O–H groups in total. The summed E-state index contributed by atoms with van der Waals surface area (Å²) in [5.74, 6) is 0.612. The molecule has 4 nitrogen and oxygen atoms in total. The van der Waals surface area contributed by atoms with Crippen LogP contribution in [0.4, 0.5) is 0 Å². The second-order valence-corrected chi connectivity index (χ2v) is 6.22. The van der Waals surface area contributed by atoms with Gasteiger partial charge >= 0.3 is 0 Å². The fraction of sp³-hybridized carbons (Fsp3) is 0.812. The van der Waals surface area contributed by atoms with Crippen LogP contribution in [0.15, 0.2) is 12.3 Å². The van der Waals surface area contributed by atoms with Gasteiger partial charge in [-0.25, -0.2) is 0 Å². The number of ether oxygens (including phenoxy) is 1. The van der Waals surface area contributed by atoms with Gasteiger partial charge in [-0.05, 0) is 24.8 Å². The predicted molar refractivity (Wildman–Crippen MR) is 81.7 cm³/mol. The number of nitrogens with zero attached hydrogens (tertiary/aromatic N) is 2. The zero-order valence-electron chi connectivity index (χ0n) is 13.0. The van der Waals surface area contributed by atoms with Gasteiger partial charge in [-0.2, -0.15) is 5.10 Å². The third-order valence-electron chi connectivity index (χ3n) is 3.79. The van der Waals surface area contributed by atoms with Crippen LogP contribution >= 0.6 is 0 Å². The molecule has 1 aliphatic rings. The van der Waals surface area contributed by atoms with E-state index in [0.717, 1.165) is 32.0 Å². The summed E-state index contributed by atoms with van der Waals surface area (Å²) < 4.78 is 7.72. The van der Waals surface area contributed by atoms with Crippen molar-refractivity contribution in [3.8, 4) is 0 Å². The van der Waals surface area contributed by atoms with E-state index in [0.29, 0.717) is 12.0 Å². The highest BCUT2D eigenvalue weighted by molar-refractivity contribution is 4.99. The van der Waals surface area contributed by atoms with Crippen LogP contribution in [-0.2, 0) is 11.3 Å². The van der Waals surface area contributed by atoms with Crippen LogP contribution in [-0.4, -0.2) is 29.5 Å². The summed E-state index contributed by atoms with van der Waals surface area (Å²) in [6.07, 6.45) is 8.82. The Hall–Kier alpha value is -0.870. The van der Waals surface area contributed by atoms with Crippen LogP contribution in [0.25, 0.3) is 0 Å². The van der Waals surface area contributed by atoms with E-state index >= 15 is 0 Å². The summed E-state index contributed by atoms with van der Waals surface area (Å²) in [5.41, 5.74) is 1.14. The van der Waals surface area contributed by atoms with Crippen molar-refractivity contribution < 1.29 is 4.74 Å². The maximum Gasteiger partial charge on any atom is 0.0762 e. The summed E-state index contributed by atoms with van der Waals surface area (Å²) in [4.78, 5) is 0. The first-order chi connectivity index (χ1) is 9.75. The van der Waals surface area contributed by atoms with E-state index in [-0.39, 0.29) is 0 Å². The van der Waals surface area contributed by atoms with Gasteiger partial charge in [0, 0.05) is 25.9 Å². The number of aromatic nitrogens is 2. The van der Waals surface area contributed by atoms with Gasteiger partial charge in [-0.3, -0.25) is 4.68 Å². The van der Waals surface area contributed by atoms with Gasteiger partial charge in [0.2, 0.25) is 0 Å². The van der Waals surface area contributed by atoms with Crippen LogP contribution in [0.3, 0.4) is 0 Å². The first-order valence-electron chi connectivity index (χ1n) is 8.08. The maximum absolute atomic E-state index is 5.55. The molecule has 2 rings (SSSR count). The molecule has 0 bridgehead atoms. The zero-order valence-corrected chi connectivity index (χ0v) is 13.0. The molecule has 1 heterocycles. The van der Waals surface area contributed by atoms with E-state index in [1.165, 1.54) is 32.1 Å². The Balaban J connectivity index is 1.62. The molecule has 0 amide bonds. The third-order valence-corrected chi connectivity index (χ3v) is 3.79. The molecule has 1 aromatic rings. The second kappa shape index (κ2) is 8.42. The van der Waals surface area contributed by atoms with E-state index in [1.807, 2.05) is 0 Å². The van der Waals surface area contributed by atoms with Crippen molar-refractivity contribution >= 4 is 0 Å². The van der Waals surface area contributed by atoms with Crippen LogP contribution in [0.1, 0.15) is 57.7 Å². The SMILES string of the molecule is CC(C)COCCNCc1ccn(C2CCCCC2)n1. The highest BCUT2D eigenvalue weighted by atomic mass is 16.5. The normalized spacial score (nSPS) is 16.9. The van der Waals surface area contributed by atoms with Crippen LogP contribution < -0.4 is 5.32 Å². The van der Waals surface area contributed by atoms with Crippen LogP contribution in [0.2, 0.25) is 0 Å². The molecule has 0 aliphatic heterocycles. The molecule has 1 fully saturated rings. The Morgan fingerprint density at radius 1 is 1.35 bits per heavy atom. The van der Waals surface area contributed by atoms with E-state index in [4.69, 9.17) is 9.84 Å². The van der Waals surface area contributed by atoms with E-state index < -0.39 is 0 Å². The Labute approximate surface area is 122 Å². The van der Waals surface area contributed by atoms with Gasteiger partial charge in [0.05, 0.1) is 18.3 Å². The topological polar surface area (TPSA) is 39.1 Å². The fourth-order valence-electron chi connectivity index (χ4n) is 2.70. The fourth-order valence-corrected chi connectivity index (χ4v) is 2.70. The smallest absolute Gasteiger partial charge is 0.0762 e. The number of hydrogen-bond acceptors (Lipinski definition) is 3. The molecule has 20 heavy (non-hydrogen) atoms. The molecule has 1 saturated carbocycles. The quantitative estimate of drug-likeness (QED) is 0.743. The molecule has 0 unspecified atom stereocenters. The lowest BCUT2D eigenvalue weighted by molar-refractivity contribution is 0.111. The standard InChI is InChI=1S/C16H29N3O/c1-14(2)13-20-11-9-17-12-15-8-10-19(18-15)16-6-4-3-5-7-16/h8,10,14,16-17H,3-7,9,11-13H2,1-2H3. The van der Waals surface area contributed by atoms with Crippen molar-refractivity contribution in [2.24, 2.45) is 5.92 Å². The minimum atomic E-state index is 0.612. The molecular weight excluding hydrogens is 250 g/mol. The van der Waals surface area contributed by atoms with Gasteiger partial charge in [0.25, 0.3) is 0 Å². The molecule has 0 aromatic carbocycles. The molecule has 0 radical (unpaired) electrons. The number of nitrogens with one attached hydrogen (secondary N) is 1. The lowest BCUT2D eigenvalue weighted by Gasteiger charge is -2.21. The largest absolute Gasteiger partial charge is 0.380 e. The van der Waals surface area contributed by atoms with E-state index in [9.17, 15) is 0 Å². The number of hydrogen-bond donors (Lipinski definition) is 1. The minimum absolute atomic E-state index is 0.612. The average molecular weight is 279 g/mol. The molecule has 1 aliphatic carbocycles. The van der Waals surface area contributed by atoms with Gasteiger partial charge in [-0.1, -0.05) is 33.1 Å². The Kier molecular flexibility index (Phi) is 6.54. The van der Waals surface area contributed by atoms with E-state index in [1.54, 1.807) is 0 Å². The molecule has 0 atom stereocenters. The minimum Gasteiger partial charge on any atom is -0.380 e.